The van der Waals surface area contributed by atoms with E-state index in [9.17, 15) is 9.59 Å². The third-order valence-corrected chi connectivity index (χ3v) is 4.29. The predicted octanol–water partition coefficient (Wildman–Crippen LogP) is 1.92. The van der Waals surface area contributed by atoms with Gasteiger partial charge < -0.3 is 5.32 Å². The average Bonchev–Trinajstić information content (AvgIpc) is 3.27. The van der Waals surface area contributed by atoms with Crippen molar-refractivity contribution < 1.29 is 4.79 Å². The lowest BCUT2D eigenvalue weighted by atomic mass is 10.1. The minimum Gasteiger partial charge on any atom is -0.349 e. The SMILES string of the molecule is O=C(NCCn1nc(-c2ccccc2)ccc1=O)c1cn(-c2ccccc2)nn1. The molecule has 2 heterocycles. The highest BCUT2D eigenvalue weighted by Gasteiger charge is 2.11. The summed E-state index contributed by atoms with van der Waals surface area (Å²) in [4.78, 5) is 24.4. The molecule has 4 rings (SSSR count). The Hall–Kier alpha value is -4.07. The van der Waals surface area contributed by atoms with Crippen LogP contribution in [0, 0.1) is 0 Å². The number of rotatable bonds is 6. The lowest BCUT2D eigenvalue weighted by Crippen LogP contribution is -2.32. The van der Waals surface area contributed by atoms with Crippen LogP contribution < -0.4 is 10.9 Å². The second-order valence-electron chi connectivity index (χ2n) is 6.29. The first-order chi connectivity index (χ1) is 14.2. The largest absolute Gasteiger partial charge is 0.349 e. The zero-order chi connectivity index (χ0) is 20.1. The van der Waals surface area contributed by atoms with Gasteiger partial charge in [0, 0.05) is 18.2 Å². The molecule has 4 aromatic rings. The molecule has 144 valence electrons. The molecule has 0 aliphatic carbocycles. The first kappa shape index (κ1) is 18.3. The Morgan fingerprint density at radius 2 is 1.66 bits per heavy atom. The van der Waals surface area contributed by atoms with Crippen LogP contribution in [-0.2, 0) is 6.54 Å². The van der Waals surface area contributed by atoms with Crippen molar-refractivity contribution >= 4 is 5.91 Å². The van der Waals surface area contributed by atoms with Crippen molar-refractivity contribution in [1.29, 1.82) is 0 Å². The molecule has 0 atom stereocenters. The Morgan fingerprint density at radius 1 is 0.931 bits per heavy atom. The zero-order valence-electron chi connectivity index (χ0n) is 15.5. The summed E-state index contributed by atoms with van der Waals surface area (Å²) in [6.45, 7) is 0.486. The summed E-state index contributed by atoms with van der Waals surface area (Å²) < 4.78 is 2.87. The van der Waals surface area contributed by atoms with E-state index in [-0.39, 0.29) is 30.2 Å². The van der Waals surface area contributed by atoms with Gasteiger partial charge in [-0.05, 0) is 18.2 Å². The van der Waals surface area contributed by atoms with Gasteiger partial charge in [0.2, 0.25) is 0 Å². The molecule has 0 spiro atoms. The lowest BCUT2D eigenvalue weighted by molar-refractivity contribution is 0.0946. The Bertz CT molecular complexity index is 1170. The van der Waals surface area contributed by atoms with E-state index in [4.69, 9.17) is 0 Å². The Kier molecular flexibility index (Phi) is 5.24. The summed E-state index contributed by atoms with van der Waals surface area (Å²) in [6, 6.07) is 22.2. The second-order valence-corrected chi connectivity index (χ2v) is 6.29. The van der Waals surface area contributed by atoms with Gasteiger partial charge in [0.25, 0.3) is 11.5 Å². The molecule has 0 aliphatic heterocycles. The highest BCUT2D eigenvalue weighted by Crippen LogP contribution is 2.13. The molecule has 0 unspecified atom stereocenters. The Balaban J connectivity index is 1.40. The van der Waals surface area contributed by atoms with Crippen molar-refractivity contribution in [1.82, 2.24) is 30.1 Å². The summed E-state index contributed by atoms with van der Waals surface area (Å²) in [5.41, 5.74) is 2.40. The molecular weight excluding hydrogens is 368 g/mol. The number of hydrogen-bond donors (Lipinski definition) is 1. The topological polar surface area (TPSA) is 94.7 Å². The summed E-state index contributed by atoms with van der Waals surface area (Å²) in [5.74, 6) is -0.362. The minimum atomic E-state index is -0.362. The highest BCUT2D eigenvalue weighted by molar-refractivity contribution is 5.91. The van der Waals surface area contributed by atoms with Crippen molar-refractivity contribution in [3.63, 3.8) is 0 Å². The summed E-state index contributed by atoms with van der Waals surface area (Å²) in [7, 11) is 0. The number of para-hydroxylation sites is 1. The maximum atomic E-state index is 12.3. The van der Waals surface area contributed by atoms with E-state index in [0.29, 0.717) is 5.69 Å². The van der Waals surface area contributed by atoms with Crippen molar-refractivity contribution in [3.8, 4) is 16.9 Å². The van der Waals surface area contributed by atoms with E-state index >= 15 is 0 Å². The van der Waals surface area contributed by atoms with Crippen LogP contribution in [0.1, 0.15) is 10.5 Å². The van der Waals surface area contributed by atoms with Crippen LogP contribution in [-0.4, -0.2) is 37.2 Å². The number of carbonyl (C=O) groups is 1. The lowest BCUT2D eigenvalue weighted by Gasteiger charge is -2.08. The number of aromatic nitrogens is 5. The molecule has 1 amide bonds. The zero-order valence-corrected chi connectivity index (χ0v) is 15.5. The molecule has 8 nitrogen and oxygen atoms in total. The first-order valence-corrected chi connectivity index (χ1v) is 9.10. The molecular formula is C21H18N6O2. The van der Waals surface area contributed by atoms with Gasteiger partial charge in [-0.1, -0.05) is 53.7 Å². The fourth-order valence-corrected chi connectivity index (χ4v) is 2.81. The highest BCUT2D eigenvalue weighted by atomic mass is 16.2. The van der Waals surface area contributed by atoms with E-state index in [2.05, 4.69) is 20.7 Å². The number of hydrogen-bond acceptors (Lipinski definition) is 5. The summed E-state index contributed by atoms with van der Waals surface area (Å²) >= 11 is 0. The fourth-order valence-electron chi connectivity index (χ4n) is 2.81. The molecule has 0 radical (unpaired) electrons. The van der Waals surface area contributed by atoms with Crippen LogP contribution in [0.5, 0.6) is 0 Å². The molecule has 0 saturated heterocycles. The van der Waals surface area contributed by atoms with Crippen LogP contribution in [0.3, 0.4) is 0 Å². The van der Waals surface area contributed by atoms with Crippen molar-refractivity contribution in [2.75, 3.05) is 6.54 Å². The van der Waals surface area contributed by atoms with Gasteiger partial charge in [-0.2, -0.15) is 5.10 Å². The predicted molar refractivity (Wildman–Crippen MR) is 108 cm³/mol. The second kappa shape index (κ2) is 8.30. The molecule has 29 heavy (non-hydrogen) atoms. The average molecular weight is 386 g/mol. The molecule has 2 aromatic carbocycles. The quantitative estimate of drug-likeness (QED) is 0.546. The molecule has 8 heteroatoms. The van der Waals surface area contributed by atoms with E-state index in [0.717, 1.165) is 11.3 Å². The van der Waals surface area contributed by atoms with E-state index in [1.54, 1.807) is 12.3 Å². The van der Waals surface area contributed by atoms with Crippen molar-refractivity contribution in [3.05, 3.63) is 95.0 Å². The Labute approximate surface area is 166 Å². The number of benzene rings is 2. The Morgan fingerprint density at radius 3 is 2.41 bits per heavy atom. The molecule has 0 bridgehead atoms. The van der Waals surface area contributed by atoms with Crippen LogP contribution in [0.2, 0.25) is 0 Å². The van der Waals surface area contributed by atoms with Crippen LogP contribution >= 0.6 is 0 Å². The van der Waals surface area contributed by atoms with Crippen LogP contribution in [0.15, 0.2) is 83.8 Å². The molecule has 0 saturated carbocycles. The van der Waals surface area contributed by atoms with Gasteiger partial charge in [0.1, 0.15) is 0 Å². The molecule has 1 N–H and O–H groups in total. The van der Waals surface area contributed by atoms with Gasteiger partial charge in [0.05, 0.1) is 24.1 Å². The summed E-state index contributed by atoms with van der Waals surface area (Å²) in [6.07, 6.45) is 1.56. The standard InChI is InChI=1S/C21H18N6O2/c28-20-12-11-18(16-7-3-1-4-8-16)24-26(20)14-13-22-21(29)19-15-27(25-23-19)17-9-5-2-6-10-17/h1-12,15H,13-14H2,(H,22,29). The van der Waals surface area contributed by atoms with E-state index < -0.39 is 0 Å². The number of nitrogens with one attached hydrogen (secondary N) is 1. The number of carbonyl (C=O) groups excluding carboxylic acids is 1. The molecule has 2 aromatic heterocycles. The molecule has 0 fully saturated rings. The monoisotopic (exact) mass is 386 g/mol. The number of nitrogens with zero attached hydrogens (tertiary/aromatic N) is 5. The van der Waals surface area contributed by atoms with Gasteiger partial charge >= 0.3 is 0 Å². The maximum absolute atomic E-state index is 12.3. The third-order valence-electron chi connectivity index (χ3n) is 4.29. The van der Waals surface area contributed by atoms with Crippen molar-refractivity contribution in [2.24, 2.45) is 0 Å². The summed E-state index contributed by atoms with van der Waals surface area (Å²) in [5, 5.41) is 15.0. The van der Waals surface area contributed by atoms with Crippen molar-refractivity contribution in [2.45, 2.75) is 6.54 Å². The third kappa shape index (κ3) is 4.27. The minimum absolute atomic E-state index is 0.201. The smallest absolute Gasteiger partial charge is 0.273 e. The van der Waals surface area contributed by atoms with Gasteiger partial charge in [-0.25, -0.2) is 9.36 Å². The normalized spacial score (nSPS) is 10.6. The van der Waals surface area contributed by atoms with Gasteiger partial charge in [0.15, 0.2) is 5.69 Å². The van der Waals surface area contributed by atoms with Crippen LogP contribution in [0.4, 0.5) is 0 Å². The molecule has 0 aliphatic rings. The van der Waals surface area contributed by atoms with Gasteiger partial charge in [-0.15, -0.1) is 5.10 Å². The first-order valence-electron chi connectivity index (χ1n) is 9.10. The maximum Gasteiger partial charge on any atom is 0.273 e. The van der Waals surface area contributed by atoms with E-state index in [1.165, 1.54) is 15.4 Å². The fraction of sp³-hybridized carbons (Fsp3) is 0.0952. The van der Waals surface area contributed by atoms with Gasteiger partial charge in [-0.3, -0.25) is 9.59 Å². The number of amides is 1. The van der Waals surface area contributed by atoms with E-state index in [1.807, 2.05) is 60.7 Å². The van der Waals surface area contributed by atoms with Crippen LogP contribution in [0.25, 0.3) is 16.9 Å².